The zero-order chi connectivity index (χ0) is 22.7. The molecule has 4 nitrogen and oxygen atoms in total. The van der Waals surface area contributed by atoms with Crippen LogP contribution < -0.4 is 5.32 Å². The molecule has 1 atom stereocenters. The molecule has 7 heteroatoms. The van der Waals surface area contributed by atoms with E-state index in [1.54, 1.807) is 17.8 Å². The molecule has 0 spiro atoms. The maximum Gasteiger partial charge on any atom is 0.256 e. The Morgan fingerprint density at radius 3 is 2.44 bits per heavy atom. The van der Waals surface area contributed by atoms with Gasteiger partial charge in [-0.25, -0.2) is 8.42 Å². The summed E-state index contributed by atoms with van der Waals surface area (Å²) in [6, 6.07) is 21.6. The van der Waals surface area contributed by atoms with Crippen molar-refractivity contribution in [2.75, 3.05) is 16.8 Å². The highest BCUT2D eigenvalue weighted by atomic mass is 32.2. The Morgan fingerprint density at radius 2 is 1.72 bits per heavy atom. The number of hydrogen-bond acceptors (Lipinski definition) is 5. The lowest BCUT2D eigenvalue weighted by atomic mass is 10.2. The molecule has 1 aliphatic rings. The van der Waals surface area contributed by atoms with Crippen molar-refractivity contribution in [3.8, 4) is 0 Å². The van der Waals surface area contributed by atoms with Crippen molar-refractivity contribution in [1.29, 1.82) is 0 Å². The van der Waals surface area contributed by atoms with Crippen LogP contribution in [0.5, 0.6) is 0 Å². The predicted molar refractivity (Wildman–Crippen MR) is 134 cm³/mol. The van der Waals surface area contributed by atoms with Gasteiger partial charge in [-0.2, -0.15) is 0 Å². The van der Waals surface area contributed by atoms with Gasteiger partial charge in [-0.15, -0.1) is 11.8 Å². The van der Waals surface area contributed by atoms with E-state index in [1.807, 2.05) is 42.5 Å². The van der Waals surface area contributed by atoms with Crippen LogP contribution in [0.2, 0.25) is 0 Å². The van der Waals surface area contributed by atoms with Crippen molar-refractivity contribution in [2.24, 2.45) is 0 Å². The molecule has 1 fully saturated rings. The number of carbonyl (C=O) groups is 1. The first-order valence-corrected chi connectivity index (χ1v) is 13.9. The Balaban J connectivity index is 1.44. The Hall–Kier alpha value is -2.22. The van der Waals surface area contributed by atoms with Gasteiger partial charge in [-0.3, -0.25) is 4.79 Å². The van der Waals surface area contributed by atoms with E-state index < -0.39 is 9.84 Å². The number of benzene rings is 3. The fourth-order valence-electron chi connectivity index (χ4n) is 3.54. The van der Waals surface area contributed by atoms with E-state index in [2.05, 4.69) is 37.4 Å². The third-order valence-electron chi connectivity index (χ3n) is 5.30. The molecule has 0 bridgehead atoms. The van der Waals surface area contributed by atoms with Gasteiger partial charge in [0.2, 0.25) is 0 Å². The lowest BCUT2D eigenvalue weighted by Gasteiger charge is -2.13. The summed E-state index contributed by atoms with van der Waals surface area (Å²) in [6.07, 6.45) is 0.627. The first kappa shape index (κ1) is 23.0. The monoisotopic (exact) mass is 483 g/mol. The smallest absolute Gasteiger partial charge is 0.256 e. The van der Waals surface area contributed by atoms with Crippen LogP contribution >= 0.6 is 23.5 Å². The Morgan fingerprint density at radius 1 is 0.969 bits per heavy atom. The lowest BCUT2D eigenvalue weighted by Crippen LogP contribution is -2.14. The van der Waals surface area contributed by atoms with Gasteiger partial charge in [-0.05, 0) is 73.9 Å². The molecule has 0 radical (unpaired) electrons. The largest absolute Gasteiger partial charge is 0.322 e. The number of sulfone groups is 1. The number of hydrogen-bond donors (Lipinski definition) is 1. The average molecular weight is 484 g/mol. The van der Waals surface area contributed by atoms with E-state index in [9.17, 15) is 13.2 Å². The SMILES string of the molecule is Cc1ccc(C)c(Sc2ccc(NC(=O)c3ccccc3SC3CCS(=O)(=O)C3)cc2)c1. The first-order chi connectivity index (χ1) is 15.3. The summed E-state index contributed by atoms with van der Waals surface area (Å²) in [7, 11) is -2.95. The molecule has 3 aromatic carbocycles. The normalized spacial score (nSPS) is 17.2. The van der Waals surface area contributed by atoms with E-state index in [0.29, 0.717) is 12.0 Å². The van der Waals surface area contributed by atoms with Crippen LogP contribution in [-0.4, -0.2) is 31.1 Å². The molecule has 166 valence electrons. The molecular formula is C25H25NO3S3. The van der Waals surface area contributed by atoms with Crippen molar-refractivity contribution in [1.82, 2.24) is 0 Å². The topological polar surface area (TPSA) is 63.2 Å². The maximum atomic E-state index is 12.9. The van der Waals surface area contributed by atoms with Crippen LogP contribution in [0.15, 0.2) is 81.4 Å². The Labute approximate surface area is 198 Å². The minimum absolute atomic E-state index is 0.00432. The summed E-state index contributed by atoms with van der Waals surface area (Å²) in [5, 5.41) is 2.97. The zero-order valence-corrected chi connectivity index (χ0v) is 20.4. The molecule has 32 heavy (non-hydrogen) atoms. The van der Waals surface area contributed by atoms with Gasteiger partial charge in [-0.1, -0.05) is 36.0 Å². The van der Waals surface area contributed by atoms with E-state index in [-0.39, 0.29) is 22.7 Å². The minimum Gasteiger partial charge on any atom is -0.322 e. The van der Waals surface area contributed by atoms with Crippen LogP contribution in [0, 0.1) is 13.8 Å². The fraction of sp³-hybridized carbons (Fsp3) is 0.240. The number of anilines is 1. The molecule has 1 unspecified atom stereocenters. The average Bonchev–Trinajstić information content (AvgIpc) is 3.10. The summed E-state index contributed by atoms with van der Waals surface area (Å²) in [4.78, 5) is 16.1. The minimum atomic E-state index is -2.95. The van der Waals surface area contributed by atoms with Gasteiger partial charge < -0.3 is 5.32 Å². The van der Waals surface area contributed by atoms with Crippen molar-refractivity contribution >= 4 is 45.0 Å². The number of thioether (sulfide) groups is 1. The first-order valence-electron chi connectivity index (χ1n) is 10.4. The van der Waals surface area contributed by atoms with Gasteiger partial charge >= 0.3 is 0 Å². The standard InChI is InChI=1S/C25H25NO3S3/c1-17-7-8-18(2)24(15-17)30-20-11-9-19(10-12-20)26-25(27)22-5-3-4-6-23(22)31-21-13-14-32(28,29)16-21/h3-12,15,21H,13-14,16H2,1-2H3,(H,26,27). The maximum absolute atomic E-state index is 12.9. The second-order valence-electron chi connectivity index (χ2n) is 7.99. The third kappa shape index (κ3) is 5.77. The molecule has 4 rings (SSSR count). The van der Waals surface area contributed by atoms with Crippen LogP contribution in [0.25, 0.3) is 0 Å². The highest BCUT2D eigenvalue weighted by Gasteiger charge is 2.29. The number of amides is 1. The van der Waals surface area contributed by atoms with Crippen LogP contribution in [0.3, 0.4) is 0 Å². The molecule has 1 N–H and O–H groups in total. The molecule has 1 heterocycles. The van der Waals surface area contributed by atoms with E-state index in [4.69, 9.17) is 0 Å². The van der Waals surface area contributed by atoms with Gasteiger partial charge in [0, 0.05) is 25.6 Å². The second kappa shape index (κ2) is 9.73. The number of aryl methyl sites for hydroxylation is 2. The van der Waals surface area contributed by atoms with Gasteiger partial charge in [0.15, 0.2) is 9.84 Å². The quantitative estimate of drug-likeness (QED) is 0.467. The molecule has 3 aromatic rings. The fourth-order valence-corrected chi connectivity index (χ4v) is 8.17. The van der Waals surface area contributed by atoms with Crippen molar-refractivity contribution < 1.29 is 13.2 Å². The summed E-state index contributed by atoms with van der Waals surface area (Å²) >= 11 is 3.19. The summed E-state index contributed by atoms with van der Waals surface area (Å²) in [6.45, 7) is 4.19. The van der Waals surface area contributed by atoms with Crippen molar-refractivity contribution in [3.63, 3.8) is 0 Å². The zero-order valence-electron chi connectivity index (χ0n) is 18.0. The predicted octanol–water partition coefficient (Wildman–Crippen LogP) is 5.99. The van der Waals surface area contributed by atoms with E-state index >= 15 is 0 Å². The molecule has 0 aliphatic carbocycles. The van der Waals surface area contributed by atoms with Gasteiger partial charge in [0.1, 0.15) is 0 Å². The van der Waals surface area contributed by atoms with Crippen LogP contribution in [-0.2, 0) is 9.84 Å². The number of rotatable bonds is 6. The number of nitrogens with one attached hydrogen (secondary N) is 1. The highest BCUT2D eigenvalue weighted by Crippen LogP contribution is 2.34. The summed E-state index contributed by atoms with van der Waals surface area (Å²) in [5.41, 5.74) is 3.76. The lowest BCUT2D eigenvalue weighted by molar-refractivity contribution is 0.102. The second-order valence-corrected chi connectivity index (χ2v) is 12.7. The molecule has 1 amide bonds. The van der Waals surface area contributed by atoms with Crippen molar-refractivity contribution in [2.45, 2.75) is 40.2 Å². The number of carbonyl (C=O) groups excluding carboxylic acids is 1. The van der Waals surface area contributed by atoms with Crippen LogP contribution in [0.1, 0.15) is 27.9 Å². The molecule has 1 aliphatic heterocycles. The Kier molecular flexibility index (Phi) is 6.98. The van der Waals surface area contributed by atoms with E-state index in [1.165, 1.54) is 27.8 Å². The summed E-state index contributed by atoms with van der Waals surface area (Å²) in [5.74, 6) is 0.211. The summed E-state index contributed by atoms with van der Waals surface area (Å²) < 4.78 is 23.5. The molecule has 1 saturated heterocycles. The van der Waals surface area contributed by atoms with Gasteiger partial charge in [0.25, 0.3) is 5.91 Å². The molecular weight excluding hydrogens is 458 g/mol. The highest BCUT2D eigenvalue weighted by molar-refractivity contribution is 8.02. The molecule has 0 aromatic heterocycles. The Bertz CT molecular complexity index is 1240. The third-order valence-corrected chi connectivity index (χ3v) is 9.79. The van der Waals surface area contributed by atoms with Crippen LogP contribution in [0.4, 0.5) is 5.69 Å². The van der Waals surface area contributed by atoms with E-state index in [0.717, 1.165) is 15.5 Å². The molecule has 0 saturated carbocycles. The van der Waals surface area contributed by atoms with Gasteiger partial charge in [0.05, 0.1) is 17.1 Å². The van der Waals surface area contributed by atoms with Crippen molar-refractivity contribution in [3.05, 3.63) is 83.4 Å².